The number of anilines is 1. The van der Waals surface area contributed by atoms with Crippen LogP contribution >= 0.6 is 0 Å². The standard InChI is InChI=1S/C22H27N5O4/c28-19(10-24-17-7-14-3-1-2-4-15(14)8-17)11-25-21(29)16-5-6-23-20(9-16)26-18-12-27(13-18)22(30)31/h1-6,9,17-19,24,28H,7-8,10-13H2,(H,23,26)(H,25,29)(H,30,31). The zero-order valence-electron chi connectivity index (χ0n) is 17.1. The third-order valence-electron chi connectivity index (χ3n) is 5.72. The number of rotatable bonds is 8. The summed E-state index contributed by atoms with van der Waals surface area (Å²) in [6.07, 6.45) is 1.80. The van der Waals surface area contributed by atoms with Crippen LogP contribution in [-0.4, -0.2) is 76.5 Å². The first-order valence-electron chi connectivity index (χ1n) is 10.4. The van der Waals surface area contributed by atoms with Gasteiger partial charge in [-0.1, -0.05) is 24.3 Å². The van der Waals surface area contributed by atoms with Gasteiger partial charge in [-0.2, -0.15) is 0 Å². The average molecular weight is 425 g/mol. The molecule has 1 aromatic carbocycles. The zero-order chi connectivity index (χ0) is 21.8. The maximum atomic E-state index is 12.4. The van der Waals surface area contributed by atoms with Crippen LogP contribution in [0.15, 0.2) is 42.6 Å². The summed E-state index contributed by atoms with van der Waals surface area (Å²) in [5.41, 5.74) is 3.13. The fraction of sp³-hybridized carbons (Fsp3) is 0.409. The van der Waals surface area contributed by atoms with Crippen LogP contribution in [0.3, 0.4) is 0 Å². The number of hydrogen-bond acceptors (Lipinski definition) is 6. The summed E-state index contributed by atoms with van der Waals surface area (Å²) in [6, 6.07) is 11.9. The number of aromatic nitrogens is 1. The van der Waals surface area contributed by atoms with Crippen molar-refractivity contribution in [2.45, 2.75) is 31.0 Å². The molecule has 0 radical (unpaired) electrons. The molecule has 2 amide bonds. The van der Waals surface area contributed by atoms with E-state index in [0.29, 0.717) is 37.1 Å². The molecule has 4 rings (SSSR count). The minimum absolute atomic E-state index is 0.0171. The van der Waals surface area contributed by atoms with Crippen molar-refractivity contribution in [3.63, 3.8) is 0 Å². The number of aliphatic hydroxyl groups is 1. The molecule has 1 unspecified atom stereocenters. The third kappa shape index (κ3) is 5.31. The van der Waals surface area contributed by atoms with E-state index in [1.54, 1.807) is 12.1 Å². The molecule has 2 heterocycles. The molecule has 2 aliphatic rings. The van der Waals surface area contributed by atoms with Gasteiger partial charge in [0.2, 0.25) is 0 Å². The fourth-order valence-electron chi connectivity index (χ4n) is 3.98. The smallest absolute Gasteiger partial charge is 0.407 e. The van der Waals surface area contributed by atoms with Gasteiger partial charge in [0.25, 0.3) is 5.91 Å². The highest BCUT2D eigenvalue weighted by Crippen LogP contribution is 2.21. The summed E-state index contributed by atoms with van der Waals surface area (Å²) in [6.45, 7) is 1.33. The minimum atomic E-state index is -0.940. The quantitative estimate of drug-likeness (QED) is 0.421. The van der Waals surface area contributed by atoms with Gasteiger partial charge in [-0.05, 0) is 36.1 Å². The molecule has 1 atom stereocenters. The van der Waals surface area contributed by atoms with E-state index in [9.17, 15) is 14.7 Å². The number of fused-ring (bicyclic) bond motifs is 1. The van der Waals surface area contributed by atoms with E-state index >= 15 is 0 Å². The summed E-state index contributed by atoms with van der Waals surface area (Å²) in [4.78, 5) is 28.7. The summed E-state index contributed by atoms with van der Waals surface area (Å²) in [5.74, 6) is 0.226. The third-order valence-corrected chi connectivity index (χ3v) is 5.72. The molecular formula is C22H27N5O4. The Kier molecular flexibility index (Phi) is 6.34. The van der Waals surface area contributed by atoms with Crippen LogP contribution in [-0.2, 0) is 12.8 Å². The molecule has 0 spiro atoms. The lowest BCUT2D eigenvalue weighted by atomic mass is 10.1. The molecule has 31 heavy (non-hydrogen) atoms. The number of nitrogens with one attached hydrogen (secondary N) is 3. The normalized spacial score (nSPS) is 17.0. The van der Waals surface area contributed by atoms with E-state index in [2.05, 4.69) is 33.1 Å². The molecule has 1 fully saturated rings. The second-order valence-electron chi connectivity index (χ2n) is 8.10. The number of amides is 2. The predicted molar refractivity (Wildman–Crippen MR) is 115 cm³/mol. The maximum absolute atomic E-state index is 12.4. The number of carbonyl (C=O) groups excluding carboxylic acids is 1. The molecule has 9 heteroatoms. The van der Waals surface area contributed by atoms with Crippen molar-refractivity contribution in [3.8, 4) is 0 Å². The summed E-state index contributed by atoms with van der Waals surface area (Å²) < 4.78 is 0. The lowest BCUT2D eigenvalue weighted by Crippen LogP contribution is -2.56. The highest BCUT2D eigenvalue weighted by atomic mass is 16.4. The van der Waals surface area contributed by atoms with Gasteiger partial charge in [-0.3, -0.25) is 4.79 Å². The van der Waals surface area contributed by atoms with Crippen LogP contribution in [0.1, 0.15) is 21.5 Å². The molecule has 1 aliphatic heterocycles. The predicted octanol–water partition coefficient (Wildman–Crippen LogP) is 0.703. The van der Waals surface area contributed by atoms with E-state index in [1.165, 1.54) is 22.2 Å². The van der Waals surface area contributed by atoms with Gasteiger partial charge in [0, 0.05) is 44.0 Å². The first-order chi connectivity index (χ1) is 15.0. The number of carboxylic acid groups (broad SMARTS) is 1. The number of likely N-dealkylation sites (tertiary alicyclic amines) is 1. The van der Waals surface area contributed by atoms with Crippen LogP contribution in [0, 0.1) is 0 Å². The van der Waals surface area contributed by atoms with Crippen molar-refractivity contribution in [1.29, 1.82) is 0 Å². The van der Waals surface area contributed by atoms with Crippen molar-refractivity contribution in [2.75, 3.05) is 31.5 Å². The van der Waals surface area contributed by atoms with Gasteiger partial charge < -0.3 is 31.1 Å². The van der Waals surface area contributed by atoms with Gasteiger partial charge in [0.15, 0.2) is 0 Å². The number of nitrogens with zero attached hydrogens (tertiary/aromatic N) is 2. The fourth-order valence-corrected chi connectivity index (χ4v) is 3.98. The van der Waals surface area contributed by atoms with Gasteiger partial charge in [-0.25, -0.2) is 9.78 Å². The van der Waals surface area contributed by atoms with Gasteiger partial charge in [0.1, 0.15) is 5.82 Å². The van der Waals surface area contributed by atoms with Crippen LogP contribution in [0.5, 0.6) is 0 Å². The molecule has 0 saturated carbocycles. The highest BCUT2D eigenvalue weighted by Gasteiger charge is 2.30. The highest BCUT2D eigenvalue weighted by molar-refractivity contribution is 5.94. The van der Waals surface area contributed by atoms with Crippen molar-refractivity contribution >= 4 is 17.8 Å². The molecular weight excluding hydrogens is 398 g/mol. The number of benzene rings is 1. The van der Waals surface area contributed by atoms with Gasteiger partial charge in [0.05, 0.1) is 12.1 Å². The second-order valence-corrected chi connectivity index (χ2v) is 8.10. The zero-order valence-corrected chi connectivity index (χ0v) is 17.1. The first kappa shape index (κ1) is 21.1. The molecule has 9 nitrogen and oxygen atoms in total. The number of pyridine rings is 1. The molecule has 1 aromatic heterocycles. The van der Waals surface area contributed by atoms with Crippen LogP contribution < -0.4 is 16.0 Å². The summed E-state index contributed by atoms with van der Waals surface area (Å²) in [5, 5.41) is 28.4. The lowest BCUT2D eigenvalue weighted by molar-refractivity contribution is 0.0914. The Morgan fingerprint density at radius 2 is 1.81 bits per heavy atom. The Labute approximate surface area is 180 Å². The molecule has 1 saturated heterocycles. The maximum Gasteiger partial charge on any atom is 0.407 e. The molecule has 1 aliphatic carbocycles. The lowest BCUT2D eigenvalue weighted by Gasteiger charge is -2.37. The minimum Gasteiger partial charge on any atom is -0.465 e. The van der Waals surface area contributed by atoms with E-state index in [0.717, 1.165) is 12.8 Å². The first-order valence-corrected chi connectivity index (χ1v) is 10.4. The second kappa shape index (κ2) is 9.32. The Hall–Kier alpha value is -3.17. The Balaban J connectivity index is 1.19. The Morgan fingerprint density at radius 3 is 2.48 bits per heavy atom. The van der Waals surface area contributed by atoms with Crippen molar-refractivity contribution < 1.29 is 19.8 Å². The number of hydrogen-bond donors (Lipinski definition) is 5. The van der Waals surface area contributed by atoms with Crippen LogP contribution in [0.25, 0.3) is 0 Å². The van der Waals surface area contributed by atoms with E-state index in [1.807, 2.05) is 12.1 Å². The van der Waals surface area contributed by atoms with Gasteiger partial charge >= 0.3 is 6.09 Å². The monoisotopic (exact) mass is 425 g/mol. The Morgan fingerprint density at radius 1 is 1.10 bits per heavy atom. The van der Waals surface area contributed by atoms with E-state index in [-0.39, 0.29) is 18.5 Å². The molecule has 5 N–H and O–H groups in total. The van der Waals surface area contributed by atoms with E-state index < -0.39 is 12.2 Å². The van der Waals surface area contributed by atoms with Crippen molar-refractivity contribution in [2.24, 2.45) is 0 Å². The number of carbonyl (C=O) groups is 2. The largest absolute Gasteiger partial charge is 0.465 e. The average Bonchev–Trinajstić information content (AvgIpc) is 3.15. The van der Waals surface area contributed by atoms with Gasteiger partial charge in [-0.15, -0.1) is 0 Å². The van der Waals surface area contributed by atoms with E-state index in [4.69, 9.17) is 5.11 Å². The molecule has 164 valence electrons. The van der Waals surface area contributed by atoms with Crippen molar-refractivity contribution in [1.82, 2.24) is 20.5 Å². The van der Waals surface area contributed by atoms with Crippen molar-refractivity contribution in [3.05, 3.63) is 59.3 Å². The summed E-state index contributed by atoms with van der Waals surface area (Å²) in [7, 11) is 0. The molecule has 2 aromatic rings. The topological polar surface area (TPSA) is 127 Å². The Bertz CT molecular complexity index is 922. The van der Waals surface area contributed by atoms with Crippen LogP contribution in [0.2, 0.25) is 0 Å². The number of aliphatic hydroxyl groups excluding tert-OH is 1. The summed E-state index contributed by atoms with van der Waals surface area (Å²) >= 11 is 0. The molecule has 0 bridgehead atoms. The van der Waals surface area contributed by atoms with Crippen LogP contribution in [0.4, 0.5) is 10.6 Å². The SMILES string of the molecule is O=C(NCC(O)CNC1Cc2ccccc2C1)c1ccnc(NC2CN(C(=O)O)C2)c1.